The van der Waals surface area contributed by atoms with E-state index in [9.17, 15) is 66.3 Å². The maximum absolute atomic E-state index is 14.5. The number of rotatable bonds is 19. The van der Waals surface area contributed by atoms with Crippen LogP contribution in [0.1, 0.15) is 91.0 Å². The largest absolute Gasteiger partial charge is 0.508 e. The maximum atomic E-state index is 14.5. The van der Waals surface area contributed by atoms with Crippen LogP contribution in [0, 0.1) is 11.8 Å². The first-order chi connectivity index (χ1) is 32.8. The average Bonchev–Trinajstić information content (AvgIpc) is 4.15. The summed E-state index contributed by atoms with van der Waals surface area (Å²) in [4.78, 5) is 147. The minimum atomic E-state index is -4.28. The third kappa shape index (κ3) is 18.9. The monoisotopic (exact) mass is 1010 g/mol. The van der Waals surface area contributed by atoms with Gasteiger partial charge in [0.15, 0.2) is 9.84 Å². The maximum Gasteiger partial charge on any atom is 0.245 e. The molecule has 1 saturated heterocycles. The number of primary amides is 3. The molecule has 70 heavy (non-hydrogen) atoms. The quantitative estimate of drug-likeness (QED) is 0.0628. The van der Waals surface area contributed by atoms with Crippen LogP contribution in [-0.2, 0) is 69.0 Å². The molecule has 11 amide bonds. The molecule has 3 rings (SSSR count). The highest BCUT2D eigenvalue weighted by atomic mass is 32.2. The molecule has 1 aromatic rings. The molecule has 0 bridgehead atoms. The van der Waals surface area contributed by atoms with Gasteiger partial charge in [-0.1, -0.05) is 52.7 Å². The number of sulfone groups is 1. The summed E-state index contributed by atoms with van der Waals surface area (Å²) in [5.74, 6) is -13.2. The topological polar surface area (TPSA) is 408 Å². The Morgan fingerprint density at radius 2 is 1.37 bits per heavy atom. The minimum absolute atomic E-state index is 0.0897. The normalized spacial score (nSPS) is 23.0. The molecular formula is C44H67N11O14S. The van der Waals surface area contributed by atoms with Gasteiger partial charge in [-0.2, -0.15) is 0 Å². The molecule has 8 atom stereocenters. The van der Waals surface area contributed by atoms with E-state index in [1.807, 2.05) is 0 Å². The summed E-state index contributed by atoms with van der Waals surface area (Å²) in [5, 5.41) is 27.0. The highest BCUT2D eigenvalue weighted by Gasteiger charge is 2.41. The Labute approximate surface area is 405 Å². The van der Waals surface area contributed by atoms with Crippen LogP contribution in [0.2, 0.25) is 0 Å². The first-order valence-electron chi connectivity index (χ1n) is 23.1. The van der Waals surface area contributed by atoms with Crippen molar-refractivity contribution in [2.75, 3.05) is 24.6 Å². The van der Waals surface area contributed by atoms with Gasteiger partial charge in [-0.3, -0.25) is 52.7 Å². The SMILES string of the molecule is CC[C@H](C)[C@H](NC(=O)CN(C(=O)[C@@H]1CCS(=O)(=O)CCC(=O)N[C@@H](Cc2ccc(O)cc2)C(=O)N[C@@H]([C@@H](C)CC)C(=O)N[C@@H](CCC(N)=O)C(=O)N[C@@H](CC(N)=O)C(=O)N1)C1CC1)C(=O)NCC(N)=O. The third-order valence-electron chi connectivity index (χ3n) is 12.0. The number of phenolic OH excluding ortho intramolecular Hbond substituents is 1. The molecule has 26 heteroatoms. The number of hydrogen-bond donors (Lipinski definition) is 11. The molecule has 1 heterocycles. The fourth-order valence-electron chi connectivity index (χ4n) is 7.31. The summed E-state index contributed by atoms with van der Waals surface area (Å²) >= 11 is 0. The number of carbonyl (C=O) groups is 11. The standard InChI is InChI=1S/C44H67N11O14S/c1-5-23(3)37(42(65)48-21-34(47)59)53-36(61)22-55(26-9-10-26)44(67)29-15-17-70(68,69)18-16-35(60)49-30(19-25-7-11-27(56)12-8-25)41(64)54-38(24(4)6-2)43(66)50-28(13-14-32(45)57)39(62)52-31(20-33(46)58)40(63)51-29/h7-8,11-12,23-24,26,28-31,37-38,56H,5-6,9-10,13-22H2,1-4H3,(H2,45,57)(H2,46,58)(H2,47,59)(H,48,65)(H,49,60)(H,50,66)(H,51,63)(H,52,62)(H,53,61)(H,54,64)/t23-,24-,28-,29-,30-,31-,37-,38-/m0/s1. The lowest BCUT2D eigenvalue weighted by molar-refractivity contribution is -0.141. The molecular weight excluding hydrogens is 939 g/mol. The van der Waals surface area contributed by atoms with Crippen LogP contribution in [-0.4, -0.2) is 150 Å². The fraction of sp³-hybridized carbons (Fsp3) is 0.614. The molecule has 0 unspecified atom stereocenters. The highest BCUT2D eigenvalue weighted by Crippen LogP contribution is 2.28. The van der Waals surface area contributed by atoms with E-state index in [2.05, 4.69) is 37.2 Å². The van der Waals surface area contributed by atoms with Crippen molar-refractivity contribution in [3.63, 3.8) is 0 Å². The van der Waals surface area contributed by atoms with Crippen molar-refractivity contribution in [3.8, 4) is 5.75 Å². The predicted octanol–water partition coefficient (Wildman–Crippen LogP) is -4.12. The molecule has 2 aliphatic rings. The van der Waals surface area contributed by atoms with Gasteiger partial charge in [0.1, 0.15) is 42.0 Å². The van der Waals surface area contributed by atoms with Gasteiger partial charge in [0.05, 0.1) is 31.0 Å². The summed E-state index contributed by atoms with van der Waals surface area (Å²) in [6.07, 6.45) is -1.87. The molecule has 1 aromatic carbocycles. The molecule has 388 valence electrons. The lowest BCUT2D eigenvalue weighted by atomic mass is 9.96. The van der Waals surface area contributed by atoms with Gasteiger partial charge in [0.2, 0.25) is 65.0 Å². The first kappa shape index (κ1) is 57.5. The number of benzene rings is 1. The molecule has 14 N–H and O–H groups in total. The number of nitrogens with zero attached hydrogens (tertiary/aromatic N) is 1. The highest BCUT2D eigenvalue weighted by molar-refractivity contribution is 7.91. The summed E-state index contributed by atoms with van der Waals surface area (Å²) in [6.45, 7) is 5.53. The van der Waals surface area contributed by atoms with E-state index in [-0.39, 0.29) is 12.2 Å². The van der Waals surface area contributed by atoms with Crippen molar-refractivity contribution in [3.05, 3.63) is 29.8 Å². The Morgan fingerprint density at radius 1 is 0.757 bits per heavy atom. The van der Waals surface area contributed by atoms with Gasteiger partial charge in [-0.15, -0.1) is 0 Å². The molecule has 0 spiro atoms. The molecule has 1 aliphatic heterocycles. The zero-order chi connectivity index (χ0) is 52.5. The Morgan fingerprint density at radius 3 is 1.94 bits per heavy atom. The second-order valence-corrected chi connectivity index (χ2v) is 20.0. The van der Waals surface area contributed by atoms with Gasteiger partial charge in [-0.25, -0.2) is 8.42 Å². The van der Waals surface area contributed by atoms with Crippen LogP contribution in [0.25, 0.3) is 0 Å². The Kier molecular flexibility index (Phi) is 22.0. The third-order valence-corrected chi connectivity index (χ3v) is 13.7. The van der Waals surface area contributed by atoms with Crippen LogP contribution < -0.4 is 54.4 Å². The van der Waals surface area contributed by atoms with Crippen LogP contribution in [0.3, 0.4) is 0 Å². The zero-order valence-corrected chi connectivity index (χ0v) is 40.6. The number of nitrogens with one attached hydrogen (secondary N) is 7. The van der Waals surface area contributed by atoms with E-state index in [0.29, 0.717) is 31.2 Å². The number of amides is 11. The van der Waals surface area contributed by atoms with Crippen molar-refractivity contribution < 1.29 is 66.3 Å². The van der Waals surface area contributed by atoms with Crippen molar-refractivity contribution >= 4 is 74.8 Å². The Bertz CT molecular complexity index is 2220. The van der Waals surface area contributed by atoms with Crippen molar-refractivity contribution in [1.82, 2.24) is 42.1 Å². The second kappa shape index (κ2) is 26.8. The van der Waals surface area contributed by atoms with Crippen LogP contribution in [0.4, 0.5) is 0 Å². The summed E-state index contributed by atoms with van der Waals surface area (Å²) in [6, 6.07) is -4.21. The number of aromatic hydroxyl groups is 1. The van der Waals surface area contributed by atoms with E-state index in [4.69, 9.17) is 17.2 Å². The number of hydrogen-bond acceptors (Lipinski definition) is 14. The average molecular weight is 1010 g/mol. The molecule has 0 aromatic heterocycles. The van der Waals surface area contributed by atoms with E-state index < -0.39 is 186 Å². The van der Waals surface area contributed by atoms with Crippen LogP contribution in [0.5, 0.6) is 5.75 Å². The Hall–Kier alpha value is -6.86. The Balaban J connectivity index is 2.09. The van der Waals surface area contributed by atoms with Gasteiger partial charge in [-0.05, 0) is 55.2 Å². The number of carbonyl (C=O) groups excluding carboxylic acids is 11. The lowest BCUT2D eigenvalue weighted by Gasteiger charge is -2.31. The van der Waals surface area contributed by atoms with E-state index in [0.717, 1.165) is 4.90 Å². The summed E-state index contributed by atoms with van der Waals surface area (Å²) < 4.78 is 27.2. The molecule has 2 fully saturated rings. The molecule has 0 radical (unpaired) electrons. The van der Waals surface area contributed by atoms with Gasteiger partial charge < -0.3 is 64.4 Å². The fourth-order valence-corrected chi connectivity index (χ4v) is 8.60. The van der Waals surface area contributed by atoms with Crippen LogP contribution in [0.15, 0.2) is 24.3 Å². The molecule has 1 saturated carbocycles. The smallest absolute Gasteiger partial charge is 0.245 e. The molecule has 1 aliphatic carbocycles. The van der Waals surface area contributed by atoms with E-state index in [1.165, 1.54) is 24.3 Å². The van der Waals surface area contributed by atoms with E-state index >= 15 is 0 Å². The van der Waals surface area contributed by atoms with Crippen molar-refractivity contribution in [2.45, 2.75) is 134 Å². The first-order valence-corrected chi connectivity index (χ1v) is 24.9. The van der Waals surface area contributed by atoms with Crippen molar-refractivity contribution in [1.29, 1.82) is 0 Å². The molecule has 25 nitrogen and oxygen atoms in total. The number of nitrogens with two attached hydrogens (primary N) is 3. The van der Waals surface area contributed by atoms with Gasteiger partial charge >= 0.3 is 0 Å². The van der Waals surface area contributed by atoms with E-state index in [1.54, 1.807) is 27.7 Å². The predicted molar refractivity (Wildman–Crippen MR) is 249 cm³/mol. The summed E-state index contributed by atoms with van der Waals surface area (Å²) in [5.41, 5.74) is 16.5. The zero-order valence-electron chi connectivity index (χ0n) is 39.7. The second-order valence-electron chi connectivity index (χ2n) is 17.7. The number of phenols is 1. The van der Waals surface area contributed by atoms with Crippen molar-refractivity contribution in [2.24, 2.45) is 29.0 Å². The lowest BCUT2D eigenvalue weighted by Crippen LogP contribution is -2.61. The summed E-state index contributed by atoms with van der Waals surface area (Å²) in [7, 11) is -4.28. The van der Waals surface area contributed by atoms with Gasteiger partial charge in [0, 0.05) is 25.3 Å². The van der Waals surface area contributed by atoms with Gasteiger partial charge in [0.25, 0.3) is 0 Å². The minimum Gasteiger partial charge on any atom is -0.508 e. The van der Waals surface area contributed by atoms with Crippen LogP contribution >= 0.6 is 0 Å².